The average molecular weight is 257 g/mol. The van der Waals surface area contributed by atoms with Crippen LogP contribution in [0.25, 0.3) is 11.1 Å². The highest BCUT2D eigenvalue weighted by Gasteiger charge is 2.16. The van der Waals surface area contributed by atoms with E-state index < -0.39 is 15.9 Å². The number of nitrogens with zero attached hydrogens (tertiary/aromatic N) is 1. The standard InChI is InChI=1S/C10H11NO5S/c1-6(2)11-8-4-3-7(17(13,14)15)5-9(8)16-10(11)12/h3-6H,1-2H3,(H,13,14,15). The highest BCUT2D eigenvalue weighted by atomic mass is 32.2. The number of oxazole rings is 1. The summed E-state index contributed by atoms with van der Waals surface area (Å²) in [7, 11) is -4.29. The molecule has 0 saturated carbocycles. The predicted molar refractivity (Wildman–Crippen MR) is 60.7 cm³/mol. The molecule has 1 N–H and O–H groups in total. The molecule has 0 fully saturated rings. The third kappa shape index (κ3) is 1.98. The van der Waals surface area contributed by atoms with Crippen LogP contribution in [-0.2, 0) is 10.1 Å². The molecule has 1 heterocycles. The summed E-state index contributed by atoms with van der Waals surface area (Å²) in [5, 5.41) is 0. The van der Waals surface area contributed by atoms with E-state index in [1.54, 1.807) is 0 Å². The third-order valence-electron chi connectivity index (χ3n) is 2.40. The molecule has 0 atom stereocenters. The summed E-state index contributed by atoms with van der Waals surface area (Å²) in [5.41, 5.74) is 0.635. The Balaban J connectivity index is 2.79. The lowest BCUT2D eigenvalue weighted by Crippen LogP contribution is -2.15. The summed E-state index contributed by atoms with van der Waals surface area (Å²) in [4.78, 5) is 11.2. The first-order valence-corrected chi connectivity index (χ1v) is 6.37. The molecular formula is C10H11NO5S. The lowest BCUT2D eigenvalue weighted by atomic mass is 10.3. The summed E-state index contributed by atoms with van der Waals surface area (Å²) in [6, 6.07) is 3.69. The van der Waals surface area contributed by atoms with Gasteiger partial charge in [0.25, 0.3) is 10.1 Å². The van der Waals surface area contributed by atoms with Crippen LogP contribution in [0.3, 0.4) is 0 Å². The van der Waals surface area contributed by atoms with Gasteiger partial charge in [0.1, 0.15) is 0 Å². The fraction of sp³-hybridized carbons (Fsp3) is 0.300. The molecule has 0 spiro atoms. The Labute approximate surface area is 97.2 Å². The Bertz CT molecular complexity index is 723. The maximum Gasteiger partial charge on any atom is 0.420 e. The monoisotopic (exact) mass is 257 g/mol. The van der Waals surface area contributed by atoms with Crippen molar-refractivity contribution in [3.8, 4) is 0 Å². The topological polar surface area (TPSA) is 89.5 Å². The fourth-order valence-electron chi connectivity index (χ4n) is 1.67. The first-order chi connectivity index (χ1) is 7.80. The Morgan fingerprint density at radius 2 is 2.00 bits per heavy atom. The molecule has 1 aromatic heterocycles. The maximum atomic E-state index is 11.5. The molecule has 6 nitrogen and oxygen atoms in total. The molecule has 2 rings (SSSR count). The zero-order chi connectivity index (χ0) is 12.8. The summed E-state index contributed by atoms with van der Waals surface area (Å²) in [6.07, 6.45) is 0. The number of hydrogen-bond acceptors (Lipinski definition) is 4. The largest absolute Gasteiger partial charge is 0.420 e. The van der Waals surface area contributed by atoms with Crippen molar-refractivity contribution in [2.75, 3.05) is 0 Å². The van der Waals surface area contributed by atoms with Crippen LogP contribution in [0.15, 0.2) is 32.3 Å². The first kappa shape index (κ1) is 11.9. The van der Waals surface area contributed by atoms with Gasteiger partial charge < -0.3 is 4.42 Å². The van der Waals surface area contributed by atoms with E-state index in [1.165, 1.54) is 16.7 Å². The molecule has 0 amide bonds. The minimum atomic E-state index is -4.29. The SMILES string of the molecule is CC(C)n1c(=O)oc2cc(S(=O)(=O)O)ccc21. The summed E-state index contributed by atoms with van der Waals surface area (Å²) in [6.45, 7) is 3.63. The van der Waals surface area contributed by atoms with Crippen LogP contribution in [0.5, 0.6) is 0 Å². The summed E-state index contributed by atoms with van der Waals surface area (Å²) >= 11 is 0. The lowest BCUT2D eigenvalue weighted by Gasteiger charge is -2.04. The highest BCUT2D eigenvalue weighted by Crippen LogP contribution is 2.20. The molecule has 2 aromatic rings. The van der Waals surface area contributed by atoms with E-state index in [1.807, 2.05) is 13.8 Å². The van der Waals surface area contributed by atoms with E-state index in [9.17, 15) is 13.2 Å². The molecule has 0 unspecified atom stereocenters. The molecular weight excluding hydrogens is 246 g/mol. The van der Waals surface area contributed by atoms with E-state index in [0.717, 1.165) is 6.07 Å². The number of rotatable bonds is 2. The van der Waals surface area contributed by atoms with Crippen molar-refractivity contribution in [1.29, 1.82) is 0 Å². The summed E-state index contributed by atoms with van der Waals surface area (Å²) < 4.78 is 37.1. The third-order valence-corrected chi connectivity index (χ3v) is 3.25. The van der Waals surface area contributed by atoms with Crippen molar-refractivity contribution in [2.24, 2.45) is 0 Å². The predicted octanol–water partition coefficient (Wildman–Crippen LogP) is 1.42. The Morgan fingerprint density at radius 1 is 1.35 bits per heavy atom. The van der Waals surface area contributed by atoms with Gasteiger partial charge in [0.05, 0.1) is 10.4 Å². The Hall–Kier alpha value is -1.60. The first-order valence-electron chi connectivity index (χ1n) is 4.93. The van der Waals surface area contributed by atoms with E-state index in [4.69, 9.17) is 8.97 Å². The quantitative estimate of drug-likeness (QED) is 0.822. The number of aromatic nitrogens is 1. The van der Waals surface area contributed by atoms with Crippen LogP contribution in [0.2, 0.25) is 0 Å². The molecule has 0 bridgehead atoms. The van der Waals surface area contributed by atoms with Crippen LogP contribution in [-0.4, -0.2) is 17.5 Å². The van der Waals surface area contributed by atoms with Gasteiger partial charge >= 0.3 is 5.76 Å². The second-order valence-corrected chi connectivity index (χ2v) is 5.36. The van der Waals surface area contributed by atoms with Crippen LogP contribution in [0.4, 0.5) is 0 Å². The van der Waals surface area contributed by atoms with Gasteiger partial charge in [0.2, 0.25) is 0 Å². The van der Waals surface area contributed by atoms with Gasteiger partial charge in [-0.3, -0.25) is 9.12 Å². The maximum absolute atomic E-state index is 11.5. The van der Waals surface area contributed by atoms with Gasteiger partial charge in [-0.25, -0.2) is 4.79 Å². The van der Waals surface area contributed by atoms with E-state index in [0.29, 0.717) is 5.52 Å². The van der Waals surface area contributed by atoms with Gasteiger partial charge in [-0.05, 0) is 26.0 Å². The second kappa shape index (κ2) is 3.71. The molecule has 0 aliphatic carbocycles. The average Bonchev–Trinajstić information content (AvgIpc) is 2.50. The molecule has 7 heteroatoms. The Kier molecular flexibility index (Phi) is 2.59. The van der Waals surface area contributed by atoms with Gasteiger partial charge in [0.15, 0.2) is 5.58 Å². The zero-order valence-electron chi connectivity index (χ0n) is 9.25. The minimum absolute atomic E-state index is 0.0969. The Morgan fingerprint density at radius 3 is 2.53 bits per heavy atom. The highest BCUT2D eigenvalue weighted by molar-refractivity contribution is 7.85. The molecule has 92 valence electrons. The van der Waals surface area contributed by atoms with Crippen LogP contribution < -0.4 is 5.76 Å². The van der Waals surface area contributed by atoms with Gasteiger partial charge in [-0.1, -0.05) is 0 Å². The zero-order valence-corrected chi connectivity index (χ0v) is 10.1. The van der Waals surface area contributed by atoms with E-state index in [2.05, 4.69) is 0 Å². The lowest BCUT2D eigenvalue weighted by molar-refractivity contribution is 0.475. The molecule has 0 radical (unpaired) electrons. The molecule has 1 aromatic carbocycles. The normalized spacial score (nSPS) is 12.5. The molecule has 0 saturated heterocycles. The number of fused-ring (bicyclic) bond motifs is 1. The van der Waals surface area contributed by atoms with Crippen LogP contribution in [0.1, 0.15) is 19.9 Å². The molecule has 0 aliphatic rings. The van der Waals surface area contributed by atoms with Crippen LogP contribution in [0, 0.1) is 0 Å². The van der Waals surface area contributed by atoms with Crippen LogP contribution >= 0.6 is 0 Å². The van der Waals surface area contributed by atoms with Crippen molar-refractivity contribution in [1.82, 2.24) is 4.57 Å². The van der Waals surface area contributed by atoms with Crippen molar-refractivity contribution < 1.29 is 17.4 Å². The second-order valence-electron chi connectivity index (χ2n) is 3.94. The van der Waals surface area contributed by atoms with Crippen molar-refractivity contribution in [3.05, 3.63) is 28.7 Å². The van der Waals surface area contributed by atoms with Crippen molar-refractivity contribution >= 4 is 21.2 Å². The van der Waals surface area contributed by atoms with Crippen molar-refractivity contribution in [2.45, 2.75) is 24.8 Å². The van der Waals surface area contributed by atoms with E-state index >= 15 is 0 Å². The van der Waals surface area contributed by atoms with Crippen molar-refractivity contribution in [3.63, 3.8) is 0 Å². The molecule has 17 heavy (non-hydrogen) atoms. The number of benzene rings is 1. The number of hydrogen-bond donors (Lipinski definition) is 1. The van der Waals surface area contributed by atoms with E-state index in [-0.39, 0.29) is 16.5 Å². The summed E-state index contributed by atoms with van der Waals surface area (Å²) in [5.74, 6) is -0.553. The fourth-order valence-corrected chi connectivity index (χ4v) is 2.16. The van der Waals surface area contributed by atoms with Gasteiger partial charge in [-0.15, -0.1) is 0 Å². The van der Waals surface area contributed by atoms with Gasteiger partial charge in [0, 0.05) is 12.1 Å². The smallest absolute Gasteiger partial charge is 0.408 e. The molecule has 0 aliphatic heterocycles. The van der Waals surface area contributed by atoms with Gasteiger partial charge in [-0.2, -0.15) is 8.42 Å². The minimum Gasteiger partial charge on any atom is -0.408 e.